The molecule has 0 fully saturated rings. The zero-order valence-corrected chi connectivity index (χ0v) is 8.83. The van der Waals surface area contributed by atoms with E-state index in [2.05, 4.69) is 18.9 Å². The molecule has 0 aliphatic heterocycles. The third-order valence-corrected chi connectivity index (χ3v) is 1.54. The summed E-state index contributed by atoms with van der Waals surface area (Å²) in [5, 5.41) is 6.24. The number of hydrogen-bond donors (Lipinski definition) is 0. The van der Waals surface area contributed by atoms with Crippen LogP contribution in [-0.2, 0) is 0 Å². The quantitative estimate of drug-likeness (QED) is 0.465. The molecule has 0 aromatic rings. The Morgan fingerprint density at radius 3 is 2.50 bits per heavy atom. The second-order valence-corrected chi connectivity index (χ2v) is 3.51. The van der Waals surface area contributed by atoms with Crippen molar-refractivity contribution in [1.82, 2.24) is 5.01 Å². The predicted molar refractivity (Wildman–Crippen MR) is 55.4 cm³/mol. The molecule has 0 rings (SSSR count). The van der Waals surface area contributed by atoms with Crippen molar-refractivity contribution in [2.75, 3.05) is 13.6 Å². The van der Waals surface area contributed by atoms with E-state index in [-0.39, 0.29) is 0 Å². The fraction of sp³-hybridized carbons (Fsp3) is 0.700. The molecule has 0 radical (unpaired) electrons. The minimum absolute atomic E-state index is 0.665. The lowest BCUT2D eigenvalue weighted by Gasteiger charge is -2.14. The molecule has 0 aliphatic rings. The van der Waals surface area contributed by atoms with E-state index < -0.39 is 0 Å². The molecule has 70 valence electrons. The van der Waals surface area contributed by atoms with Gasteiger partial charge in [0.25, 0.3) is 0 Å². The van der Waals surface area contributed by atoms with Gasteiger partial charge in [0.2, 0.25) is 0 Å². The second-order valence-electron chi connectivity index (χ2n) is 3.51. The average Bonchev–Trinajstić information content (AvgIpc) is 1.99. The first-order valence-electron chi connectivity index (χ1n) is 4.44. The van der Waals surface area contributed by atoms with Gasteiger partial charge in [-0.2, -0.15) is 5.10 Å². The fourth-order valence-electron chi connectivity index (χ4n) is 0.840. The summed E-state index contributed by atoms with van der Waals surface area (Å²) in [7, 11) is 2.00. The van der Waals surface area contributed by atoms with Gasteiger partial charge in [-0.3, -0.25) is 5.01 Å². The van der Waals surface area contributed by atoms with Gasteiger partial charge in [0.15, 0.2) is 0 Å². The highest BCUT2D eigenvalue weighted by atomic mass is 15.4. The predicted octanol–water partition coefficient (Wildman–Crippen LogP) is 2.53. The summed E-state index contributed by atoms with van der Waals surface area (Å²) in [6, 6.07) is 0. The van der Waals surface area contributed by atoms with E-state index in [0.717, 1.165) is 6.54 Å². The molecule has 0 saturated heterocycles. The highest BCUT2D eigenvalue weighted by molar-refractivity contribution is 5.77. The van der Waals surface area contributed by atoms with Crippen molar-refractivity contribution >= 4 is 6.21 Å². The molecule has 0 unspecified atom stereocenters. The molecule has 2 nitrogen and oxygen atoms in total. The molecule has 0 N–H and O–H groups in total. The molecule has 0 spiro atoms. The Labute approximate surface area is 76.0 Å². The van der Waals surface area contributed by atoms with Crippen molar-refractivity contribution in [2.45, 2.75) is 27.7 Å². The summed E-state index contributed by atoms with van der Waals surface area (Å²) in [4.78, 5) is 0. The molecule has 2 heteroatoms. The third-order valence-electron chi connectivity index (χ3n) is 1.54. The maximum atomic E-state index is 4.28. The molecule has 0 aliphatic carbocycles. The molecule has 12 heavy (non-hydrogen) atoms. The Bertz CT molecular complexity index is 169. The highest BCUT2D eigenvalue weighted by Gasteiger charge is 1.95. The fourth-order valence-corrected chi connectivity index (χ4v) is 0.840. The maximum Gasteiger partial charge on any atom is 0.0496 e. The van der Waals surface area contributed by atoms with Crippen LogP contribution in [0.1, 0.15) is 27.7 Å². The number of hydrazone groups is 1. The molecular formula is C10H20N2. The van der Waals surface area contributed by atoms with Crippen LogP contribution >= 0.6 is 0 Å². The van der Waals surface area contributed by atoms with Crippen LogP contribution in [0.15, 0.2) is 16.8 Å². The van der Waals surface area contributed by atoms with Crippen molar-refractivity contribution < 1.29 is 0 Å². The first kappa shape index (κ1) is 11.2. The van der Waals surface area contributed by atoms with Gasteiger partial charge in [-0.25, -0.2) is 0 Å². The van der Waals surface area contributed by atoms with Crippen LogP contribution in [0.3, 0.4) is 0 Å². The van der Waals surface area contributed by atoms with Crippen LogP contribution < -0.4 is 0 Å². The van der Waals surface area contributed by atoms with Crippen LogP contribution in [0.2, 0.25) is 0 Å². The van der Waals surface area contributed by atoms with Gasteiger partial charge in [-0.15, -0.1) is 0 Å². The lowest BCUT2D eigenvalue weighted by Crippen LogP contribution is -2.17. The van der Waals surface area contributed by atoms with Gasteiger partial charge in [-0.1, -0.05) is 19.9 Å². The summed E-state index contributed by atoms with van der Waals surface area (Å²) < 4.78 is 0. The van der Waals surface area contributed by atoms with Crippen molar-refractivity contribution in [2.24, 2.45) is 11.0 Å². The van der Waals surface area contributed by atoms with Gasteiger partial charge in [0, 0.05) is 19.8 Å². The maximum absolute atomic E-state index is 4.28. The van der Waals surface area contributed by atoms with Gasteiger partial charge in [-0.05, 0) is 25.3 Å². The number of rotatable bonds is 4. The van der Waals surface area contributed by atoms with E-state index in [1.165, 1.54) is 5.57 Å². The number of nitrogens with zero attached hydrogens (tertiary/aromatic N) is 2. The summed E-state index contributed by atoms with van der Waals surface area (Å²) in [6.45, 7) is 9.45. The molecule has 0 amide bonds. The second kappa shape index (κ2) is 5.81. The van der Waals surface area contributed by atoms with Crippen LogP contribution in [0.25, 0.3) is 0 Å². The van der Waals surface area contributed by atoms with E-state index >= 15 is 0 Å². The van der Waals surface area contributed by atoms with Gasteiger partial charge in [0.05, 0.1) is 0 Å². The highest BCUT2D eigenvalue weighted by Crippen LogP contribution is 1.96. The summed E-state index contributed by atoms with van der Waals surface area (Å²) in [5.74, 6) is 0.665. The van der Waals surface area contributed by atoms with Crippen LogP contribution in [0, 0.1) is 5.92 Å². The Morgan fingerprint density at radius 2 is 2.08 bits per heavy atom. The first-order valence-corrected chi connectivity index (χ1v) is 4.44. The smallest absolute Gasteiger partial charge is 0.0496 e. The molecular weight excluding hydrogens is 148 g/mol. The first-order chi connectivity index (χ1) is 5.56. The Hall–Kier alpha value is -0.790. The molecule has 0 aromatic heterocycles. The Morgan fingerprint density at radius 1 is 1.50 bits per heavy atom. The van der Waals surface area contributed by atoms with Gasteiger partial charge in [0.1, 0.15) is 0 Å². The minimum Gasteiger partial charge on any atom is -0.300 e. The lowest BCUT2D eigenvalue weighted by atomic mass is 10.2. The zero-order valence-electron chi connectivity index (χ0n) is 8.83. The lowest BCUT2D eigenvalue weighted by molar-refractivity contribution is 0.312. The average molecular weight is 168 g/mol. The van der Waals surface area contributed by atoms with Crippen LogP contribution in [0.4, 0.5) is 0 Å². The number of allylic oxidation sites excluding steroid dienone is 2. The van der Waals surface area contributed by atoms with Crippen molar-refractivity contribution in [1.29, 1.82) is 0 Å². The Kier molecular flexibility index (Phi) is 5.43. The zero-order chi connectivity index (χ0) is 9.56. The standard InChI is InChI=1S/C10H20N2/c1-6-10(4)7-11-12(5)8-9(2)3/h6-7,9H,8H2,1-5H3/b10-6?,11-7-. The summed E-state index contributed by atoms with van der Waals surface area (Å²) >= 11 is 0. The van der Waals surface area contributed by atoms with Crippen molar-refractivity contribution in [3.8, 4) is 0 Å². The Balaban J connectivity index is 3.83. The molecule has 0 saturated carbocycles. The van der Waals surface area contributed by atoms with Crippen LogP contribution in [-0.4, -0.2) is 24.8 Å². The monoisotopic (exact) mass is 168 g/mol. The molecule has 0 atom stereocenters. The molecule has 0 aromatic carbocycles. The van der Waals surface area contributed by atoms with Crippen molar-refractivity contribution in [3.63, 3.8) is 0 Å². The van der Waals surface area contributed by atoms with E-state index in [0.29, 0.717) is 5.92 Å². The summed E-state index contributed by atoms with van der Waals surface area (Å²) in [6.07, 6.45) is 3.94. The summed E-state index contributed by atoms with van der Waals surface area (Å²) in [5.41, 5.74) is 1.20. The number of hydrogen-bond acceptors (Lipinski definition) is 2. The molecule has 0 heterocycles. The van der Waals surface area contributed by atoms with E-state index in [9.17, 15) is 0 Å². The normalized spacial score (nSPS) is 13.0. The van der Waals surface area contributed by atoms with Crippen LogP contribution in [0.5, 0.6) is 0 Å². The largest absolute Gasteiger partial charge is 0.300 e. The minimum atomic E-state index is 0.665. The van der Waals surface area contributed by atoms with E-state index in [1.54, 1.807) is 0 Å². The topological polar surface area (TPSA) is 15.6 Å². The SMILES string of the molecule is CC=C(C)/C=N\N(C)CC(C)C. The molecule has 0 bridgehead atoms. The van der Waals surface area contributed by atoms with Crippen molar-refractivity contribution in [3.05, 3.63) is 11.6 Å². The van der Waals surface area contributed by atoms with E-state index in [4.69, 9.17) is 0 Å². The van der Waals surface area contributed by atoms with Gasteiger partial charge < -0.3 is 0 Å². The van der Waals surface area contributed by atoms with Gasteiger partial charge >= 0.3 is 0 Å². The van der Waals surface area contributed by atoms with E-state index in [1.807, 2.05) is 38.2 Å². The third kappa shape index (κ3) is 5.96.